The summed E-state index contributed by atoms with van der Waals surface area (Å²) in [6.45, 7) is 0. The summed E-state index contributed by atoms with van der Waals surface area (Å²) in [5.74, 6) is 0.331. The first kappa shape index (κ1) is 17.8. The van der Waals surface area contributed by atoms with E-state index >= 15 is 0 Å². The molecule has 5 nitrogen and oxygen atoms in total. The largest absolute Gasteiger partial charge is 1.00 e. The van der Waals surface area contributed by atoms with Crippen LogP contribution in [0.1, 0.15) is 0 Å². The third-order valence-corrected chi connectivity index (χ3v) is 1.07. The van der Waals surface area contributed by atoms with E-state index in [0.29, 0.717) is 12.0 Å². The first-order chi connectivity index (χ1) is 6.34. The number of methoxy groups -OCH3 is 1. The van der Waals surface area contributed by atoms with Gasteiger partial charge < -0.3 is 9.84 Å². The second-order valence-electron chi connectivity index (χ2n) is 2.38. The van der Waals surface area contributed by atoms with Crippen molar-refractivity contribution in [3.8, 4) is 11.5 Å². The van der Waals surface area contributed by atoms with Crippen molar-refractivity contribution >= 4 is 10.1 Å². The molecule has 15 heavy (non-hydrogen) atoms. The minimum Gasteiger partial charge on any atom is -0.870 e. The molecular formula is C8H11KO5S. The van der Waals surface area contributed by atoms with Gasteiger partial charge in [0.15, 0.2) is 0 Å². The Bertz CT molecular complexity index is 368. The fourth-order valence-corrected chi connectivity index (χ4v) is 0.619. The van der Waals surface area contributed by atoms with Crippen LogP contribution in [0.15, 0.2) is 24.3 Å². The average molecular weight is 258 g/mol. The maximum absolute atomic E-state index is 10.7. The quantitative estimate of drug-likeness (QED) is 0.437. The SMILES string of the molecule is COc1ccccc1[O-].CS(=O)(=O)O.[K+]. The van der Waals surface area contributed by atoms with Crippen molar-refractivity contribution in [2.45, 2.75) is 0 Å². The molecule has 1 aromatic rings. The summed E-state index contributed by atoms with van der Waals surface area (Å²) < 4.78 is 30.6. The zero-order chi connectivity index (χ0) is 11.2. The maximum atomic E-state index is 10.7. The Balaban J connectivity index is 0. The van der Waals surface area contributed by atoms with Gasteiger partial charge in [0.25, 0.3) is 10.1 Å². The monoisotopic (exact) mass is 258 g/mol. The fourth-order valence-electron chi connectivity index (χ4n) is 0.619. The Kier molecular flexibility index (Phi) is 10.1. The van der Waals surface area contributed by atoms with Crippen LogP contribution in [-0.4, -0.2) is 26.3 Å². The van der Waals surface area contributed by atoms with Gasteiger partial charge in [-0.25, -0.2) is 0 Å². The molecule has 0 amide bonds. The Morgan fingerprint density at radius 3 is 2.00 bits per heavy atom. The molecule has 0 saturated heterocycles. The molecule has 0 radical (unpaired) electrons. The van der Waals surface area contributed by atoms with E-state index in [2.05, 4.69) is 0 Å². The van der Waals surface area contributed by atoms with E-state index in [9.17, 15) is 13.5 Å². The summed E-state index contributed by atoms with van der Waals surface area (Å²) in [7, 11) is -2.18. The Labute approximate surface area is 132 Å². The van der Waals surface area contributed by atoms with E-state index in [1.165, 1.54) is 13.2 Å². The first-order valence-electron chi connectivity index (χ1n) is 3.57. The predicted molar refractivity (Wildman–Crippen MR) is 49.9 cm³/mol. The summed E-state index contributed by atoms with van der Waals surface area (Å²) in [5.41, 5.74) is 0. The van der Waals surface area contributed by atoms with Gasteiger partial charge in [-0.2, -0.15) is 8.42 Å². The molecule has 0 spiro atoms. The van der Waals surface area contributed by atoms with Gasteiger partial charge in [-0.15, -0.1) is 0 Å². The van der Waals surface area contributed by atoms with Gasteiger partial charge in [0.1, 0.15) is 5.75 Å². The van der Waals surface area contributed by atoms with Crippen LogP contribution in [-0.2, 0) is 10.1 Å². The predicted octanol–water partition coefficient (Wildman–Crippen LogP) is -2.72. The number of ether oxygens (including phenoxy) is 1. The van der Waals surface area contributed by atoms with Crippen molar-refractivity contribution in [1.29, 1.82) is 0 Å². The zero-order valence-corrected chi connectivity index (χ0v) is 12.7. The van der Waals surface area contributed by atoms with Crippen molar-refractivity contribution < 1.29 is 74.2 Å². The van der Waals surface area contributed by atoms with Gasteiger partial charge in [-0.05, 0) is 6.07 Å². The van der Waals surface area contributed by atoms with Gasteiger partial charge >= 0.3 is 51.4 Å². The van der Waals surface area contributed by atoms with Gasteiger partial charge in [-0.1, -0.05) is 23.9 Å². The molecule has 0 aromatic heterocycles. The zero-order valence-electron chi connectivity index (χ0n) is 8.80. The van der Waals surface area contributed by atoms with Crippen LogP contribution >= 0.6 is 0 Å². The molecule has 1 N–H and O–H groups in total. The first-order valence-corrected chi connectivity index (χ1v) is 5.42. The van der Waals surface area contributed by atoms with Gasteiger partial charge in [0.2, 0.25) is 0 Å². The van der Waals surface area contributed by atoms with E-state index in [1.807, 2.05) is 0 Å². The summed E-state index contributed by atoms with van der Waals surface area (Å²) in [5, 5.41) is 10.7. The third-order valence-electron chi connectivity index (χ3n) is 1.07. The van der Waals surface area contributed by atoms with Gasteiger partial charge in [0.05, 0.1) is 13.4 Å². The molecule has 0 saturated carbocycles. The minimum absolute atomic E-state index is 0. The number of hydrogen-bond acceptors (Lipinski definition) is 4. The van der Waals surface area contributed by atoms with Crippen LogP contribution in [0.2, 0.25) is 0 Å². The molecule has 1 rings (SSSR count). The molecule has 80 valence electrons. The molecule has 0 aliphatic heterocycles. The molecule has 1 aromatic carbocycles. The normalized spacial score (nSPS) is 9.27. The van der Waals surface area contributed by atoms with E-state index in [0.717, 1.165) is 0 Å². The standard InChI is InChI=1S/C7H8O2.CH4O3S.K/c1-9-7-5-3-2-4-6(7)8;1-5(2,3)4;/h2-5,8H,1H3;1H3,(H,2,3,4);/q;;+1/p-1. The van der Waals surface area contributed by atoms with E-state index in [4.69, 9.17) is 9.29 Å². The minimum atomic E-state index is -3.67. The molecular weight excluding hydrogens is 247 g/mol. The van der Waals surface area contributed by atoms with E-state index in [-0.39, 0.29) is 57.1 Å². The van der Waals surface area contributed by atoms with Crippen LogP contribution in [0.4, 0.5) is 0 Å². The Hall–Kier alpha value is 0.366. The fraction of sp³-hybridized carbons (Fsp3) is 0.250. The summed E-state index contributed by atoms with van der Waals surface area (Å²) in [4.78, 5) is 0. The topological polar surface area (TPSA) is 86.7 Å². The van der Waals surface area contributed by atoms with Crippen LogP contribution in [0, 0.1) is 0 Å². The molecule has 0 heterocycles. The van der Waals surface area contributed by atoms with Gasteiger partial charge in [-0.3, -0.25) is 4.55 Å². The van der Waals surface area contributed by atoms with Crippen molar-refractivity contribution in [2.24, 2.45) is 0 Å². The molecule has 0 bridgehead atoms. The molecule has 7 heteroatoms. The van der Waals surface area contributed by atoms with Gasteiger partial charge in [0, 0.05) is 0 Å². The smallest absolute Gasteiger partial charge is 0.870 e. The molecule has 0 unspecified atom stereocenters. The molecule has 0 aliphatic carbocycles. The van der Waals surface area contributed by atoms with Crippen LogP contribution in [0.5, 0.6) is 11.5 Å². The third kappa shape index (κ3) is 12.3. The number of para-hydroxylation sites is 2. The second-order valence-corrected chi connectivity index (χ2v) is 3.85. The molecule has 0 atom stereocenters. The van der Waals surface area contributed by atoms with Crippen molar-refractivity contribution in [2.75, 3.05) is 13.4 Å². The Morgan fingerprint density at radius 2 is 1.73 bits per heavy atom. The molecule has 0 aliphatic rings. The molecule has 0 fully saturated rings. The van der Waals surface area contributed by atoms with Crippen molar-refractivity contribution in [3.05, 3.63) is 24.3 Å². The van der Waals surface area contributed by atoms with Crippen molar-refractivity contribution in [1.82, 2.24) is 0 Å². The Morgan fingerprint density at radius 1 is 1.33 bits per heavy atom. The number of hydrogen-bond donors (Lipinski definition) is 1. The maximum Gasteiger partial charge on any atom is 1.00 e. The number of benzene rings is 1. The summed E-state index contributed by atoms with van der Waals surface area (Å²) in [6.07, 6.45) is 0.715. The number of rotatable bonds is 1. The van der Waals surface area contributed by atoms with Crippen LogP contribution in [0.3, 0.4) is 0 Å². The van der Waals surface area contributed by atoms with E-state index < -0.39 is 10.1 Å². The summed E-state index contributed by atoms with van der Waals surface area (Å²) >= 11 is 0. The van der Waals surface area contributed by atoms with E-state index in [1.54, 1.807) is 18.2 Å². The summed E-state index contributed by atoms with van der Waals surface area (Å²) in [6, 6.07) is 6.56. The average Bonchev–Trinajstić information content (AvgIpc) is 2.02. The second kappa shape index (κ2) is 8.51. The van der Waals surface area contributed by atoms with Crippen LogP contribution < -0.4 is 61.2 Å². The van der Waals surface area contributed by atoms with Crippen molar-refractivity contribution in [3.63, 3.8) is 0 Å². The van der Waals surface area contributed by atoms with Crippen LogP contribution in [0.25, 0.3) is 0 Å².